The van der Waals surface area contributed by atoms with E-state index in [0.717, 1.165) is 31.2 Å². The van der Waals surface area contributed by atoms with E-state index < -0.39 is 0 Å². The molecule has 0 aromatic carbocycles. The largest absolute Gasteiger partial charge is 0.393 e. The third-order valence-corrected chi connectivity index (χ3v) is 5.44. The maximum atomic E-state index is 10.2. The molecule has 21 heavy (non-hydrogen) atoms. The van der Waals surface area contributed by atoms with Crippen molar-refractivity contribution in [1.29, 1.82) is 0 Å². The molecule has 116 valence electrons. The van der Waals surface area contributed by atoms with Crippen molar-refractivity contribution in [3.05, 3.63) is 11.7 Å². The van der Waals surface area contributed by atoms with Crippen LogP contribution < -0.4 is 0 Å². The molecule has 3 unspecified atom stereocenters. The lowest BCUT2D eigenvalue weighted by Crippen LogP contribution is -2.46. The molecule has 2 aliphatic carbocycles. The van der Waals surface area contributed by atoms with Crippen LogP contribution in [0.1, 0.15) is 69.0 Å². The Morgan fingerprint density at radius 3 is 2.76 bits per heavy atom. The monoisotopic (exact) mass is 291 g/mol. The summed E-state index contributed by atoms with van der Waals surface area (Å²) in [6.45, 7) is 1.88. The van der Waals surface area contributed by atoms with Gasteiger partial charge in [-0.3, -0.25) is 4.90 Å². The molecule has 0 spiro atoms. The van der Waals surface area contributed by atoms with E-state index in [2.05, 4.69) is 15.0 Å². The Morgan fingerprint density at radius 1 is 1.10 bits per heavy atom. The lowest BCUT2D eigenvalue weighted by Gasteiger charge is -2.39. The molecule has 1 aliphatic heterocycles. The fraction of sp³-hybridized carbons (Fsp3) is 0.875. The van der Waals surface area contributed by atoms with Crippen molar-refractivity contribution in [2.24, 2.45) is 5.92 Å². The molecule has 1 aromatic rings. The average Bonchev–Trinajstić information content (AvgIpc) is 3.10. The van der Waals surface area contributed by atoms with Crippen molar-refractivity contribution in [3.8, 4) is 0 Å². The molecule has 2 heterocycles. The summed E-state index contributed by atoms with van der Waals surface area (Å²) < 4.78 is 5.37. The molecular formula is C16H25N3O2. The predicted octanol–water partition coefficient (Wildman–Crippen LogP) is 2.46. The normalized spacial score (nSPS) is 34.4. The van der Waals surface area contributed by atoms with Crippen molar-refractivity contribution in [1.82, 2.24) is 15.0 Å². The second-order valence-corrected chi connectivity index (χ2v) is 7.02. The third kappa shape index (κ3) is 2.86. The molecule has 0 amide bonds. The van der Waals surface area contributed by atoms with Gasteiger partial charge in [0.15, 0.2) is 5.82 Å². The van der Waals surface area contributed by atoms with Crippen molar-refractivity contribution in [3.63, 3.8) is 0 Å². The molecule has 1 saturated heterocycles. The molecule has 0 bridgehead atoms. The summed E-state index contributed by atoms with van der Waals surface area (Å²) >= 11 is 0. The highest BCUT2D eigenvalue weighted by atomic mass is 16.5. The summed E-state index contributed by atoms with van der Waals surface area (Å²) in [5, 5.41) is 14.4. The lowest BCUT2D eigenvalue weighted by atomic mass is 9.88. The van der Waals surface area contributed by atoms with E-state index in [-0.39, 0.29) is 6.10 Å². The quantitative estimate of drug-likeness (QED) is 0.923. The number of nitrogens with zero attached hydrogens (tertiary/aromatic N) is 3. The number of hydrogen-bond donors (Lipinski definition) is 1. The van der Waals surface area contributed by atoms with Crippen molar-refractivity contribution in [2.75, 3.05) is 6.54 Å². The summed E-state index contributed by atoms with van der Waals surface area (Å²) in [4.78, 5) is 7.05. The summed E-state index contributed by atoms with van der Waals surface area (Å²) in [5.74, 6) is 2.64. The van der Waals surface area contributed by atoms with Crippen LogP contribution >= 0.6 is 0 Å². The zero-order valence-corrected chi connectivity index (χ0v) is 12.6. The molecule has 1 N–H and O–H groups in total. The molecule has 1 aromatic heterocycles. The van der Waals surface area contributed by atoms with Gasteiger partial charge in [0.25, 0.3) is 0 Å². The molecule has 4 rings (SSSR count). The van der Waals surface area contributed by atoms with Gasteiger partial charge in [-0.05, 0) is 45.1 Å². The zero-order valence-electron chi connectivity index (χ0n) is 12.6. The van der Waals surface area contributed by atoms with Gasteiger partial charge in [0, 0.05) is 17.9 Å². The Labute approximate surface area is 125 Å². The first-order valence-corrected chi connectivity index (χ1v) is 8.56. The van der Waals surface area contributed by atoms with E-state index >= 15 is 0 Å². The molecule has 3 fully saturated rings. The number of aromatic nitrogens is 2. The Kier molecular flexibility index (Phi) is 3.71. The van der Waals surface area contributed by atoms with Crippen molar-refractivity contribution < 1.29 is 9.63 Å². The topological polar surface area (TPSA) is 62.4 Å². The van der Waals surface area contributed by atoms with Crippen LogP contribution in [0, 0.1) is 5.92 Å². The minimum atomic E-state index is -0.108. The average molecular weight is 291 g/mol. The second kappa shape index (κ2) is 5.69. The van der Waals surface area contributed by atoms with Crippen molar-refractivity contribution in [2.45, 2.75) is 76.0 Å². The number of hydrogen-bond acceptors (Lipinski definition) is 5. The highest BCUT2D eigenvalue weighted by Crippen LogP contribution is 2.39. The van der Waals surface area contributed by atoms with Crippen LogP contribution in [0.25, 0.3) is 0 Å². The van der Waals surface area contributed by atoms with Crippen LogP contribution in [-0.4, -0.2) is 38.8 Å². The van der Waals surface area contributed by atoms with Crippen LogP contribution in [0.5, 0.6) is 0 Å². The van der Waals surface area contributed by atoms with Gasteiger partial charge in [-0.1, -0.05) is 18.0 Å². The van der Waals surface area contributed by atoms with E-state index in [9.17, 15) is 5.11 Å². The van der Waals surface area contributed by atoms with Gasteiger partial charge in [-0.15, -0.1) is 0 Å². The van der Waals surface area contributed by atoms with E-state index in [4.69, 9.17) is 4.52 Å². The van der Waals surface area contributed by atoms with Gasteiger partial charge in [0.05, 0.1) is 12.6 Å². The molecule has 2 saturated carbocycles. The van der Waals surface area contributed by atoms with Gasteiger partial charge in [-0.25, -0.2) is 0 Å². The van der Waals surface area contributed by atoms with Gasteiger partial charge in [0.1, 0.15) is 0 Å². The van der Waals surface area contributed by atoms with Gasteiger partial charge >= 0.3 is 0 Å². The minimum absolute atomic E-state index is 0.108. The molecular weight excluding hydrogens is 266 g/mol. The highest BCUT2D eigenvalue weighted by Gasteiger charge is 2.37. The van der Waals surface area contributed by atoms with Crippen LogP contribution in [0.2, 0.25) is 0 Å². The molecule has 5 nitrogen and oxygen atoms in total. The van der Waals surface area contributed by atoms with Gasteiger partial charge in [-0.2, -0.15) is 4.98 Å². The molecule has 3 aliphatic rings. The minimum Gasteiger partial charge on any atom is -0.393 e. The fourth-order valence-corrected chi connectivity index (χ4v) is 4.13. The lowest BCUT2D eigenvalue weighted by molar-refractivity contribution is 0.0297. The number of rotatable bonds is 4. The summed E-state index contributed by atoms with van der Waals surface area (Å²) in [6, 6.07) is 0.499. The molecule has 0 radical (unpaired) electrons. The van der Waals surface area contributed by atoms with Gasteiger partial charge < -0.3 is 9.63 Å². The first kappa shape index (κ1) is 13.7. The molecule has 5 heteroatoms. The summed E-state index contributed by atoms with van der Waals surface area (Å²) in [5.41, 5.74) is 0. The van der Waals surface area contributed by atoms with E-state index in [1.807, 2.05) is 0 Å². The SMILES string of the molecule is OC1CCCC1C1CCCCN1Cc1noc(C2CC2)n1. The zero-order chi connectivity index (χ0) is 14.2. The van der Waals surface area contributed by atoms with E-state index in [1.165, 1.54) is 44.9 Å². The maximum Gasteiger partial charge on any atom is 0.229 e. The number of piperidine rings is 1. The fourth-order valence-electron chi connectivity index (χ4n) is 4.13. The van der Waals surface area contributed by atoms with Crippen molar-refractivity contribution >= 4 is 0 Å². The van der Waals surface area contributed by atoms with Crippen LogP contribution in [-0.2, 0) is 6.54 Å². The standard InChI is InChI=1S/C16H25N3O2/c20-14-6-3-4-12(14)13-5-1-2-9-19(13)10-15-17-16(21-18-15)11-7-8-11/h11-14,20H,1-10H2. The van der Waals surface area contributed by atoms with E-state index in [1.54, 1.807) is 0 Å². The summed E-state index contributed by atoms with van der Waals surface area (Å²) in [7, 11) is 0. The Balaban J connectivity index is 1.45. The Bertz CT molecular complexity index is 486. The van der Waals surface area contributed by atoms with E-state index in [0.29, 0.717) is 17.9 Å². The summed E-state index contributed by atoms with van der Waals surface area (Å²) in [6.07, 6.45) is 9.33. The predicted molar refractivity (Wildman–Crippen MR) is 77.7 cm³/mol. The van der Waals surface area contributed by atoms with Crippen LogP contribution in [0.4, 0.5) is 0 Å². The number of aliphatic hydroxyl groups is 1. The Morgan fingerprint density at radius 2 is 2.00 bits per heavy atom. The number of likely N-dealkylation sites (tertiary alicyclic amines) is 1. The van der Waals surface area contributed by atoms with Crippen LogP contribution in [0.3, 0.4) is 0 Å². The smallest absolute Gasteiger partial charge is 0.229 e. The second-order valence-electron chi connectivity index (χ2n) is 7.02. The first-order valence-electron chi connectivity index (χ1n) is 8.56. The Hall–Kier alpha value is -0.940. The highest BCUT2D eigenvalue weighted by molar-refractivity contribution is 5.02. The number of aliphatic hydroxyl groups excluding tert-OH is 1. The molecule has 3 atom stereocenters. The first-order chi connectivity index (χ1) is 10.3. The maximum absolute atomic E-state index is 10.2. The van der Waals surface area contributed by atoms with Crippen LogP contribution in [0.15, 0.2) is 4.52 Å². The van der Waals surface area contributed by atoms with Gasteiger partial charge in [0.2, 0.25) is 5.89 Å². The third-order valence-electron chi connectivity index (χ3n) is 5.44.